The molecule has 0 radical (unpaired) electrons. The highest BCUT2D eigenvalue weighted by Gasteiger charge is 2.22. The van der Waals surface area contributed by atoms with Crippen LogP contribution in [0, 0.1) is 11.7 Å². The molecule has 1 atom stereocenters. The van der Waals surface area contributed by atoms with E-state index in [0.29, 0.717) is 23.0 Å². The molecule has 1 fully saturated rings. The van der Waals surface area contributed by atoms with Crippen molar-refractivity contribution in [2.24, 2.45) is 5.92 Å². The van der Waals surface area contributed by atoms with Crippen molar-refractivity contribution in [3.63, 3.8) is 0 Å². The van der Waals surface area contributed by atoms with Gasteiger partial charge in [-0.2, -0.15) is 0 Å². The van der Waals surface area contributed by atoms with Crippen LogP contribution in [0.25, 0.3) is 11.1 Å². The molecule has 1 saturated heterocycles. The number of aldehydes is 1. The standard InChI is InChI=1S/C22H24FNO3/c1-24-9-3-2-5-15(8-10-24)21(26)17-7-4-6-16(11-17)18-12-19(14-25)22(27)20(23)13-18/h4,6-7,11-15,27H,2-3,5,8-10H2,1H3. The summed E-state index contributed by atoms with van der Waals surface area (Å²) in [5.41, 5.74) is 1.59. The Morgan fingerprint density at radius 3 is 2.74 bits per heavy atom. The van der Waals surface area contributed by atoms with Crippen molar-refractivity contribution in [3.05, 3.63) is 53.3 Å². The van der Waals surface area contributed by atoms with E-state index in [4.69, 9.17) is 0 Å². The van der Waals surface area contributed by atoms with Crippen molar-refractivity contribution in [2.45, 2.75) is 25.7 Å². The van der Waals surface area contributed by atoms with Gasteiger partial charge in [-0.1, -0.05) is 24.6 Å². The quantitative estimate of drug-likeness (QED) is 0.644. The van der Waals surface area contributed by atoms with Crippen molar-refractivity contribution in [2.75, 3.05) is 20.1 Å². The predicted molar refractivity (Wildman–Crippen MR) is 103 cm³/mol. The average Bonchev–Trinajstić information content (AvgIpc) is 2.67. The summed E-state index contributed by atoms with van der Waals surface area (Å²) in [5, 5.41) is 9.59. The van der Waals surface area contributed by atoms with Crippen LogP contribution in [0.15, 0.2) is 36.4 Å². The van der Waals surface area contributed by atoms with E-state index in [-0.39, 0.29) is 17.3 Å². The van der Waals surface area contributed by atoms with Crippen LogP contribution in [0.4, 0.5) is 4.39 Å². The van der Waals surface area contributed by atoms with Gasteiger partial charge in [-0.25, -0.2) is 4.39 Å². The van der Waals surface area contributed by atoms with Gasteiger partial charge in [-0.3, -0.25) is 9.59 Å². The van der Waals surface area contributed by atoms with Gasteiger partial charge in [0.05, 0.1) is 5.56 Å². The monoisotopic (exact) mass is 369 g/mol. The number of rotatable bonds is 4. The van der Waals surface area contributed by atoms with Gasteiger partial charge in [0.1, 0.15) is 0 Å². The van der Waals surface area contributed by atoms with Gasteiger partial charge >= 0.3 is 0 Å². The van der Waals surface area contributed by atoms with Crippen LogP contribution in [-0.4, -0.2) is 42.2 Å². The number of Topliss-reactive ketones (excluding diaryl/α,β-unsaturated/α-hetero) is 1. The summed E-state index contributed by atoms with van der Waals surface area (Å²) >= 11 is 0. The van der Waals surface area contributed by atoms with E-state index in [0.717, 1.165) is 38.8 Å². The Morgan fingerprint density at radius 1 is 1.15 bits per heavy atom. The summed E-state index contributed by atoms with van der Waals surface area (Å²) in [4.78, 5) is 26.3. The third-order valence-electron chi connectivity index (χ3n) is 5.27. The molecular formula is C22H24FNO3. The lowest BCUT2D eigenvalue weighted by molar-refractivity contribution is 0.0886. The number of carbonyl (C=O) groups is 2. The van der Waals surface area contributed by atoms with E-state index in [2.05, 4.69) is 11.9 Å². The molecule has 27 heavy (non-hydrogen) atoms. The molecule has 1 heterocycles. The van der Waals surface area contributed by atoms with Crippen molar-refractivity contribution < 1.29 is 19.1 Å². The second-order valence-corrected chi connectivity index (χ2v) is 7.24. The molecule has 2 aromatic rings. The fourth-order valence-corrected chi connectivity index (χ4v) is 3.63. The lowest BCUT2D eigenvalue weighted by Gasteiger charge is -2.24. The molecule has 0 spiro atoms. The Bertz CT molecular complexity index is 849. The van der Waals surface area contributed by atoms with Crippen LogP contribution >= 0.6 is 0 Å². The molecule has 0 amide bonds. The Labute approximate surface area is 158 Å². The molecule has 5 heteroatoms. The van der Waals surface area contributed by atoms with Gasteiger partial charge in [0, 0.05) is 11.5 Å². The van der Waals surface area contributed by atoms with Crippen molar-refractivity contribution >= 4 is 12.1 Å². The summed E-state index contributed by atoms with van der Waals surface area (Å²) in [6, 6.07) is 9.67. The van der Waals surface area contributed by atoms with Gasteiger partial charge in [-0.15, -0.1) is 0 Å². The smallest absolute Gasteiger partial charge is 0.166 e. The van der Waals surface area contributed by atoms with Crippen molar-refractivity contribution in [1.82, 2.24) is 4.90 Å². The highest BCUT2D eigenvalue weighted by Crippen LogP contribution is 2.30. The minimum absolute atomic E-state index is 0.00918. The van der Waals surface area contributed by atoms with Gasteiger partial charge in [0.15, 0.2) is 23.6 Å². The lowest BCUT2D eigenvalue weighted by atomic mass is 9.87. The second-order valence-electron chi connectivity index (χ2n) is 7.24. The Kier molecular flexibility index (Phi) is 6.01. The summed E-state index contributed by atoms with van der Waals surface area (Å²) in [7, 11) is 2.08. The Balaban J connectivity index is 1.88. The van der Waals surface area contributed by atoms with Gasteiger partial charge < -0.3 is 10.0 Å². The molecule has 0 aromatic heterocycles. The fourth-order valence-electron chi connectivity index (χ4n) is 3.63. The van der Waals surface area contributed by atoms with E-state index in [9.17, 15) is 19.1 Å². The van der Waals surface area contributed by atoms with E-state index >= 15 is 0 Å². The normalized spacial score (nSPS) is 18.5. The molecule has 0 bridgehead atoms. The minimum atomic E-state index is -0.852. The highest BCUT2D eigenvalue weighted by molar-refractivity contribution is 5.99. The van der Waals surface area contributed by atoms with Gasteiger partial charge in [0.25, 0.3) is 0 Å². The number of benzene rings is 2. The number of likely N-dealkylation sites (tertiary alicyclic amines) is 1. The number of hydrogen-bond acceptors (Lipinski definition) is 4. The van der Waals surface area contributed by atoms with Gasteiger partial charge in [0.2, 0.25) is 0 Å². The van der Waals surface area contributed by atoms with E-state index in [1.807, 2.05) is 0 Å². The van der Waals surface area contributed by atoms with Crippen molar-refractivity contribution in [1.29, 1.82) is 0 Å². The van der Waals surface area contributed by atoms with Crippen LogP contribution in [0.5, 0.6) is 5.75 Å². The van der Waals surface area contributed by atoms with E-state index in [1.54, 1.807) is 24.3 Å². The number of carbonyl (C=O) groups excluding carboxylic acids is 2. The largest absolute Gasteiger partial charge is 0.504 e. The number of halogens is 1. The lowest BCUT2D eigenvalue weighted by Crippen LogP contribution is -2.28. The number of nitrogens with zero attached hydrogens (tertiary/aromatic N) is 1. The van der Waals surface area contributed by atoms with Gasteiger partial charge in [-0.05, 0) is 68.7 Å². The zero-order chi connectivity index (χ0) is 19.4. The molecule has 0 aliphatic carbocycles. The van der Waals surface area contributed by atoms with Crippen LogP contribution in [0.1, 0.15) is 46.4 Å². The maximum absolute atomic E-state index is 13.9. The molecule has 3 rings (SSSR count). The molecular weight excluding hydrogens is 345 g/mol. The molecule has 1 aliphatic rings. The maximum Gasteiger partial charge on any atom is 0.166 e. The number of phenolic OH excluding ortho intramolecular Hbond substituents is 1. The Morgan fingerprint density at radius 2 is 1.96 bits per heavy atom. The first kappa shape index (κ1) is 19.2. The fraction of sp³-hybridized carbons (Fsp3) is 0.364. The first-order valence-electron chi connectivity index (χ1n) is 9.30. The first-order chi connectivity index (χ1) is 13.0. The summed E-state index contributed by atoms with van der Waals surface area (Å²) in [5.74, 6) is -1.40. The molecule has 1 aliphatic heterocycles. The third-order valence-corrected chi connectivity index (χ3v) is 5.27. The van der Waals surface area contributed by atoms with Crippen molar-refractivity contribution in [3.8, 4) is 16.9 Å². The molecule has 2 aromatic carbocycles. The molecule has 4 nitrogen and oxygen atoms in total. The predicted octanol–water partition coefficient (Wildman–Crippen LogP) is 4.32. The number of phenols is 1. The summed E-state index contributed by atoms with van der Waals surface area (Å²) < 4.78 is 13.9. The average molecular weight is 369 g/mol. The highest BCUT2D eigenvalue weighted by atomic mass is 19.1. The third kappa shape index (κ3) is 4.42. The van der Waals surface area contributed by atoms with E-state index < -0.39 is 11.6 Å². The summed E-state index contributed by atoms with van der Waals surface area (Å²) in [6.07, 6.45) is 4.28. The first-order valence-corrected chi connectivity index (χ1v) is 9.30. The zero-order valence-corrected chi connectivity index (χ0v) is 15.5. The molecule has 1 N–H and O–H groups in total. The number of hydrogen-bond donors (Lipinski definition) is 1. The van der Waals surface area contributed by atoms with Crippen LogP contribution in [0.2, 0.25) is 0 Å². The van der Waals surface area contributed by atoms with Crippen LogP contribution < -0.4 is 0 Å². The van der Waals surface area contributed by atoms with E-state index in [1.165, 1.54) is 12.1 Å². The minimum Gasteiger partial charge on any atom is -0.504 e. The molecule has 142 valence electrons. The van der Waals surface area contributed by atoms with Crippen LogP contribution in [0.3, 0.4) is 0 Å². The number of ketones is 1. The molecule has 0 saturated carbocycles. The maximum atomic E-state index is 13.9. The molecule has 1 unspecified atom stereocenters. The Hall–Kier alpha value is -2.53. The van der Waals surface area contributed by atoms with Crippen LogP contribution in [-0.2, 0) is 0 Å². The SMILES string of the molecule is CN1CCCCC(C(=O)c2cccc(-c3cc(F)c(O)c(C=O)c3)c2)CC1. The second kappa shape index (κ2) is 8.44. The summed E-state index contributed by atoms with van der Waals surface area (Å²) in [6.45, 7) is 1.98. The topological polar surface area (TPSA) is 57.6 Å². The number of aromatic hydroxyl groups is 1. The zero-order valence-electron chi connectivity index (χ0n) is 15.5.